The Bertz CT molecular complexity index is 767. The average Bonchev–Trinajstić information content (AvgIpc) is 2.44. The molecule has 4 nitrogen and oxygen atoms in total. The van der Waals surface area contributed by atoms with E-state index in [4.69, 9.17) is 0 Å². The van der Waals surface area contributed by atoms with E-state index in [0.29, 0.717) is 5.69 Å². The molecule has 0 aliphatic rings. The van der Waals surface area contributed by atoms with Crippen molar-refractivity contribution >= 4 is 21.6 Å². The fourth-order valence-electron chi connectivity index (χ4n) is 2.12. The molecule has 0 heterocycles. The molecule has 0 saturated heterocycles. The Morgan fingerprint density at radius 3 is 2.14 bits per heavy atom. The second-order valence-electron chi connectivity index (χ2n) is 4.82. The van der Waals surface area contributed by atoms with E-state index in [0.717, 1.165) is 15.4 Å². The van der Waals surface area contributed by atoms with Crippen LogP contribution in [0.25, 0.3) is 0 Å². The minimum absolute atomic E-state index is 0.0982. The van der Waals surface area contributed by atoms with Crippen molar-refractivity contribution in [1.29, 1.82) is 0 Å². The lowest BCUT2D eigenvalue weighted by atomic mass is 10.1. The van der Waals surface area contributed by atoms with E-state index in [-0.39, 0.29) is 4.90 Å². The van der Waals surface area contributed by atoms with Crippen LogP contribution in [0.2, 0.25) is 0 Å². The number of carbonyl (C=O) groups is 1. The first kappa shape index (κ1) is 15.3. The summed E-state index contributed by atoms with van der Waals surface area (Å²) in [5.41, 5.74) is 2.10. The van der Waals surface area contributed by atoms with Crippen LogP contribution in [0, 0.1) is 13.8 Å². The van der Waals surface area contributed by atoms with E-state index in [9.17, 15) is 13.2 Å². The lowest BCUT2D eigenvalue weighted by Crippen LogP contribution is -2.35. The molecule has 0 aliphatic heterocycles. The number of hydrogen-bond donors (Lipinski definition) is 0. The summed E-state index contributed by atoms with van der Waals surface area (Å²) in [4.78, 5) is 12.1. The van der Waals surface area contributed by atoms with Gasteiger partial charge in [-0.25, -0.2) is 12.7 Å². The van der Waals surface area contributed by atoms with Gasteiger partial charge in [-0.15, -0.1) is 0 Å². The molecule has 0 aromatic heterocycles. The number of hydrogen-bond acceptors (Lipinski definition) is 3. The van der Waals surface area contributed by atoms with Crippen molar-refractivity contribution in [2.75, 3.05) is 4.31 Å². The number of carbonyl (C=O) groups excluding carboxylic acids is 1. The van der Waals surface area contributed by atoms with Crippen LogP contribution in [0.5, 0.6) is 0 Å². The van der Waals surface area contributed by atoms with Crippen molar-refractivity contribution in [2.24, 2.45) is 0 Å². The van der Waals surface area contributed by atoms with Gasteiger partial charge in [-0.1, -0.05) is 30.3 Å². The Balaban J connectivity index is 2.65. The van der Waals surface area contributed by atoms with Crippen LogP contribution in [0.4, 0.5) is 5.69 Å². The summed E-state index contributed by atoms with van der Waals surface area (Å²) in [6, 6.07) is 13.2. The van der Waals surface area contributed by atoms with Gasteiger partial charge in [0.1, 0.15) is 0 Å². The van der Waals surface area contributed by atoms with Crippen molar-refractivity contribution in [2.45, 2.75) is 25.7 Å². The van der Waals surface area contributed by atoms with E-state index in [1.54, 1.807) is 37.3 Å². The summed E-state index contributed by atoms with van der Waals surface area (Å²) >= 11 is 0. The van der Waals surface area contributed by atoms with Gasteiger partial charge < -0.3 is 0 Å². The Labute approximate surface area is 125 Å². The van der Waals surface area contributed by atoms with Gasteiger partial charge in [-0.05, 0) is 43.2 Å². The molecule has 21 heavy (non-hydrogen) atoms. The Kier molecular flexibility index (Phi) is 4.14. The maximum atomic E-state index is 12.7. The summed E-state index contributed by atoms with van der Waals surface area (Å²) in [6.45, 7) is 4.94. The minimum Gasteiger partial charge on any atom is -0.274 e. The highest BCUT2D eigenvalue weighted by Crippen LogP contribution is 2.28. The molecule has 0 unspecified atom stereocenters. The zero-order chi connectivity index (χ0) is 15.6. The fourth-order valence-corrected chi connectivity index (χ4v) is 3.63. The second kappa shape index (κ2) is 5.69. The molecule has 0 atom stereocenters. The number of rotatable bonds is 3. The van der Waals surface area contributed by atoms with E-state index in [2.05, 4.69) is 0 Å². The topological polar surface area (TPSA) is 54.5 Å². The van der Waals surface area contributed by atoms with Crippen LogP contribution < -0.4 is 4.31 Å². The first-order chi connectivity index (χ1) is 9.85. The Morgan fingerprint density at radius 1 is 0.952 bits per heavy atom. The fraction of sp³-hybridized carbons (Fsp3) is 0.188. The third-order valence-electron chi connectivity index (χ3n) is 3.36. The molecular weight excluding hydrogens is 286 g/mol. The SMILES string of the molecule is CC(=O)N(c1cccc(C)c1C)S(=O)(=O)c1ccccc1. The van der Waals surface area contributed by atoms with Gasteiger partial charge in [-0.2, -0.15) is 0 Å². The normalized spacial score (nSPS) is 11.2. The summed E-state index contributed by atoms with van der Waals surface area (Å²) in [5, 5.41) is 0. The van der Waals surface area contributed by atoms with Crippen LogP contribution in [-0.4, -0.2) is 14.3 Å². The molecule has 0 aliphatic carbocycles. The average molecular weight is 303 g/mol. The number of benzene rings is 2. The van der Waals surface area contributed by atoms with Crippen LogP contribution >= 0.6 is 0 Å². The van der Waals surface area contributed by atoms with Crippen LogP contribution in [-0.2, 0) is 14.8 Å². The van der Waals surface area contributed by atoms with Gasteiger partial charge in [0.25, 0.3) is 10.0 Å². The van der Waals surface area contributed by atoms with Gasteiger partial charge in [0.05, 0.1) is 10.6 Å². The molecule has 0 N–H and O–H groups in total. The first-order valence-corrected chi connectivity index (χ1v) is 7.97. The molecule has 2 aromatic rings. The predicted molar refractivity (Wildman–Crippen MR) is 82.7 cm³/mol. The highest BCUT2D eigenvalue weighted by Gasteiger charge is 2.29. The highest BCUT2D eigenvalue weighted by molar-refractivity contribution is 7.93. The van der Waals surface area contributed by atoms with Crippen LogP contribution in [0.3, 0.4) is 0 Å². The molecule has 0 spiro atoms. The zero-order valence-electron chi connectivity index (χ0n) is 12.2. The second-order valence-corrected chi connectivity index (χ2v) is 6.61. The van der Waals surface area contributed by atoms with Crippen molar-refractivity contribution < 1.29 is 13.2 Å². The van der Waals surface area contributed by atoms with E-state index in [1.165, 1.54) is 19.1 Å². The molecule has 0 radical (unpaired) electrons. The number of sulfonamides is 1. The van der Waals surface area contributed by atoms with Gasteiger partial charge in [0.15, 0.2) is 0 Å². The number of nitrogens with zero attached hydrogens (tertiary/aromatic N) is 1. The molecule has 110 valence electrons. The molecule has 0 bridgehead atoms. The quantitative estimate of drug-likeness (QED) is 0.875. The summed E-state index contributed by atoms with van der Waals surface area (Å²) < 4.78 is 26.4. The maximum Gasteiger partial charge on any atom is 0.270 e. The summed E-state index contributed by atoms with van der Waals surface area (Å²) in [7, 11) is -3.91. The van der Waals surface area contributed by atoms with Crippen LogP contribution in [0.15, 0.2) is 53.4 Å². The smallest absolute Gasteiger partial charge is 0.270 e. The largest absolute Gasteiger partial charge is 0.274 e. The molecule has 0 saturated carbocycles. The standard InChI is InChI=1S/C16H17NO3S/c1-12-8-7-11-16(13(12)2)17(14(3)18)21(19,20)15-9-5-4-6-10-15/h4-11H,1-3H3. The summed E-state index contributed by atoms with van der Waals surface area (Å²) in [6.07, 6.45) is 0. The minimum atomic E-state index is -3.91. The molecular formula is C16H17NO3S. The Morgan fingerprint density at radius 2 is 1.57 bits per heavy atom. The van der Waals surface area contributed by atoms with E-state index in [1.807, 2.05) is 13.0 Å². The zero-order valence-corrected chi connectivity index (χ0v) is 13.0. The maximum absolute atomic E-state index is 12.7. The monoisotopic (exact) mass is 303 g/mol. The summed E-state index contributed by atoms with van der Waals surface area (Å²) in [5.74, 6) is -0.535. The van der Waals surface area contributed by atoms with Gasteiger partial charge >= 0.3 is 0 Å². The molecule has 2 aromatic carbocycles. The third-order valence-corrected chi connectivity index (χ3v) is 5.16. The van der Waals surface area contributed by atoms with Crippen molar-refractivity contribution in [3.8, 4) is 0 Å². The van der Waals surface area contributed by atoms with Gasteiger partial charge in [-0.3, -0.25) is 4.79 Å². The third kappa shape index (κ3) is 2.83. The van der Waals surface area contributed by atoms with Crippen molar-refractivity contribution in [3.63, 3.8) is 0 Å². The van der Waals surface area contributed by atoms with E-state index >= 15 is 0 Å². The lowest BCUT2D eigenvalue weighted by Gasteiger charge is -2.23. The van der Waals surface area contributed by atoms with Gasteiger partial charge in [0, 0.05) is 6.92 Å². The lowest BCUT2D eigenvalue weighted by molar-refractivity contribution is -0.115. The number of anilines is 1. The van der Waals surface area contributed by atoms with E-state index < -0.39 is 15.9 Å². The highest BCUT2D eigenvalue weighted by atomic mass is 32.2. The first-order valence-electron chi connectivity index (χ1n) is 6.53. The molecule has 1 amide bonds. The van der Waals surface area contributed by atoms with Crippen molar-refractivity contribution in [1.82, 2.24) is 0 Å². The van der Waals surface area contributed by atoms with Crippen molar-refractivity contribution in [3.05, 3.63) is 59.7 Å². The Hall–Kier alpha value is -2.14. The number of aryl methyl sites for hydroxylation is 1. The van der Waals surface area contributed by atoms with Crippen LogP contribution in [0.1, 0.15) is 18.1 Å². The van der Waals surface area contributed by atoms with Gasteiger partial charge in [0.2, 0.25) is 5.91 Å². The predicted octanol–water partition coefficient (Wildman–Crippen LogP) is 3.05. The molecule has 5 heteroatoms. The molecule has 0 fully saturated rings. The number of amides is 1. The molecule has 2 rings (SSSR count).